The van der Waals surface area contributed by atoms with Gasteiger partial charge in [0.1, 0.15) is 0 Å². The predicted octanol–water partition coefficient (Wildman–Crippen LogP) is 2.55. The molecule has 1 aromatic carbocycles. The molecule has 114 valence electrons. The quantitative estimate of drug-likeness (QED) is 0.793. The third-order valence-corrected chi connectivity index (χ3v) is 3.33. The topological polar surface area (TPSA) is 33.7 Å². The standard InChI is InChI=1S/C16H28N2O2/c1-12(2)10-18(4)11-14(17-3)13-7-8-15(19-5)16(9-13)20-6/h7-9,12,14,17H,10-11H2,1-6H3. The Morgan fingerprint density at radius 3 is 2.25 bits per heavy atom. The van der Waals surface area contributed by atoms with E-state index in [9.17, 15) is 0 Å². The molecular weight excluding hydrogens is 252 g/mol. The van der Waals surface area contributed by atoms with Crippen LogP contribution in [0, 0.1) is 5.92 Å². The number of likely N-dealkylation sites (N-methyl/N-ethyl adjacent to an activating group) is 2. The van der Waals surface area contributed by atoms with Crippen molar-refractivity contribution in [3.63, 3.8) is 0 Å². The molecule has 0 radical (unpaired) electrons. The van der Waals surface area contributed by atoms with Crippen LogP contribution in [0.4, 0.5) is 0 Å². The van der Waals surface area contributed by atoms with Crippen LogP contribution in [0.15, 0.2) is 18.2 Å². The Balaban J connectivity index is 2.84. The van der Waals surface area contributed by atoms with Gasteiger partial charge < -0.3 is 19.7 Å². The van der Waals surface area contributed by atoms with Gasteiger partial charge in [-0.05, 0) is 37.7 Å². The van der Waals surface area contributed by atoms with E-state index in [4.69, 9.17) is 9.47 Å². The normalized spacial score (nSPS) is 12.8. The van der Waals surface area contributed by atoms with Crippen molar-refractivity contribution in [2.24, 2.45) is 5.92 Å². The van der Waals surface area contributed by atoms with E-state index < -0.39 is 0 Å². The molecular formula is C16H28N2O2. The summed E-state index contributed by atoms with van der Waals surface area (Å²) in [6.45, 7) is 6.53. The van der Waals surface area contributed by atoms with Gasteiger partial charge in [0.2, 0.25) is 0 Å². The summed E-state index contributed by atoms with van der Waals surface area (Å²) < 4.78 is 10.7. The van der Waals surface area contributed by atoms with Crippen molar-refractivity contribution in [1.29, 1.82) is 0 Å². The Hall–Kier alpha value is -1.26. The molecule has 1 aromatic rings. The maximum Gasteiger partial charge on any atom is 0.161 e. The van der Waals surface area contributed by atoms with E-state index >= 15 is 0 Å². The van der Waals surface area contributed by atoms with E-state index in [0.717, 1.165) is 24.6 Å². The Bertz CT molecular complexity index is 407. The first kappa shape index (κ1) is 16.8. The van der Waals surface area contributed by atoms with Crippen LogP contribution in [0.2, 0.25) is 0 Å². The lowest BCUT2D eigenvalue weighted by Crippen LogP contribution is -2.33. The lowest BCUT2D eigenvalue weighted by molar-refractivity contribution is 0.266. The Morgan fingerprint density at radius 2 is 1.75 bits per heavy atom. The van der Waals surface area contributed by atoms with Crippen LogP contribution in [0.1, 0.15) is 25.5 Å². The number of hydrogen-bond acceptors (Lipinski definition) is 4. The largest absolute Gasteiger partial charge is 0.493 e. The smallest absolute Gasteiger partial charge is 0.161 e. The van der Waals surface area contributed by atoms with E-state index in [1.807, 2.05) is 19.2 Å². The van der Waals surface area contributed by atoms with E-state index in [-0.39, 0.29) is 6.04 Å². The molecule has 0 amide bonds. The van der Waals surface area contributed by atoms with Crippen LogP contribution in [-0.4, -0.2) is 46.3 Å². The second-order valence-corrected chi connectivity index (χ2v) is 5.57. The summed E-state index contributed by atoms with van der Waals surface area (Å²) in [5.74, 6) is 2.21. The minimum atomic E-state index is 0.276. The molecule has 0 spiro atoms. The van der Waals surface area contributed by atoms with Crippen molar-refractivity contribution in [3.8, 4) is 11.5 Å². The van der Waals surface area contributed by atoms with E-state index in [0.29, 0.717) is 5.92 Å². The van der Waals surface area contributed by atoms with Gasteiger partial charge in [0, 0.05) is 19.1 Å². The predicted molar refractivity (Wildman–Crippen MR) is 83.7 cm³/mol. The second kappa shape index (κ2) is 8.12. The highest BCUT2D eigenvalue weighted by Gasteiger charge is 2.15. The van der Waals surface area contributed by atoms with Gasteiger partial charge in [-0.25, -0.2) is 0 Å². The van der Waals surface area contributed by atoms with Crippen LogP contribution < -0.4 is 14.8 Å². The molecule has 0 saturated carbocycles. The van der Waals surface area contributed by atoms with Gasteiger partial charge in [0.05, 0.1) is 14.2 Å². The van der Waals surface area contributed by atoms with Crippen molar-refractivity contribution < 1.29 is 9.47 Å². The molecule has 0 aliphatic carbocycles. The van der Waals surface area contributed by atoms with Gasteiger partial charge in [-0.15, -0.1) is 0 Å². The summed E-state index contributed by atoms with van der Waals surface area (Å²) in [7, 11) is 7.47. The first-order valence-corrected chi connectivity index (χ1v) is 7.09. The molecule has 0 aromatic heterocycles. The summed E-state index contributed by atoms with van der Waals surface area (Å²) in [4.78, 5) is 2.35. The number of hydrogen-bond donors (Lipinski definition) is 1. The molecule has 0 heterocycles. The first-order valence-electron chi connectivity index (χ1n) is 7.09. The molecule has 0 bridgehead atoms. The van der Waals surface area contributed by atoms with Crippen LogP contribution in [0.5, 0.6) is 11.5 Å². The second-order valence-electron chi connectivity index (χ2n) is 5.57. The maximum atomic E-state index is 5.37. The Kier molecular flexibility index (Phi) is 6.82. The number of ether oxygens (including phenoxy) is 2. The molecule has 20 heavy (non-hydrogen) atoms. The molecule has 1 atom stereocenters. The SMILES string of the molecule is CNC(CN(C)CC(C)C)c1ccc(OC)c(OC)c1. The van der Waals surface area contributed by atoms with Gasteiger partial charge in [-0.2, -0.15) is 0 Å². The molecule has 0 aliphatic rings. The third kappa shape index (κ3) is 4.69. The number of rotatable bonds is 8. The molecule has 4 nitrogen and oxygen atoms in total. The molecule has 0 aliphatic heterocycles. The highest BCUT2D eigenvalue weighted by molar-refractivity contribution is 5.43. The average Bonchev–Trinajstić information content (AvgIpc) is 2.43. The zero-order chi connectivity index (χ0) is 15.1. The number of benzene rings is 1. The Morgan fingerprint density at radius 1 is 1.10 bits per heavy atom. The Labute approximate surface area is 123 Å². The third-order valence-electron chi connectivity index (χ3n) is 3.33. The average molecular weight is 280 g/mol. The van der Waals surface area contributed by atoms with Gasteiger partial charge >= 0.3 is 0 Å². The van der Waals surface area contributed by atoms with Crippen LogP contribution >= 0.6 is 0 Å². The van der Waals surface area contributed by atoms with Crippen molar-refractivity contribution in [1.82, 2.24) is 10.2 Å². The van der Waals surface area contributed by atoms with Crippen molar-refractivity contribution in [3.05, 3.63) is 23.8 Å². The summed E-state index contributed by atoms with van der Waals surface area (Å²) in [5, 5.41) is 3.37. The monoisotopic (exact) mass is 280 g/mol. The van der Waals surface area contributed by atoms with Crippen LogP contribution in [0.3, 0.4) is 0 Å². The minimum absolute atomic E-state index is 0.276. The lowest BCUT2D eigenvalue weighted by atomic mass is 10.1. The van der Waals surface area contributed by atoms with Gasteiger partial charge in [-0.3, -0.25) is 0 Å². The molecule has 0 fully saturated rings. The number of nitrogens with zero attached hydrogens (tertiary/aromatic N) is 1. The number of nitrogens with one attached hydrogen (secondary N) is 1. The summed E-state index contributed by atoms with van der Waals surface area (Å²) in [6, 6.07) is 6.37. The first-order chi connectivity index (χ1) is 9.51. The summed E-state index contributed by atoms with van der Waals surface area (Å²) >= 11 is 0. The van der Waals surface area contributed by atoms with E-state index in [1.54, 1.807) is 14.2 Å². The molecule has 1 N–H and O–H groups in total. The van der Waals surface area contributed by atoms with Gasteiger partial charge in [0.25, 0.3) is 0 Å². The molecule has 0 saturated heterocycles. The summed E-state index contributed by atoms with van der Waals surface area (Å²) in [6.07, 6.45) is 0. The maximum absolute atomic E-state index is 5.37. The minimum Gasteiger partial charge on any atom is -0.493 e. The molecule has 1 rings (SSSR count). The zero-order valence-corrected chi connectivity index (χ0v) is 13.6. The van der Waals surface area contributed by atoms with Crippen molar-refractivity contribution >= 4 is 0 Å². The van der Waals surface area contributed by atoms with E-state index in [2.05, 4.69) is 37.2 Å². The van der Waals surface area contributed by atoms with Crippen LogP contribution in [0.25, 0.3) is 0 Å². The fraction of sp³-hybridized carbons (Fsp3) is 0.625. The zero-order valence-electron chi connectivity index (χ0n) is 13.6. The molecule has 1 unspecified atom stereocenters. The fourth-order valence-corrected chi connectivity index (χ4v) is 2.44. The summed E-state index contributed by atoms with van der Waals surface area (Å²) in [5.41, 5.74) is 1.21. The van der Waals surface area contributed by atoms with Crippen molar-refractivity contribution in [2.45, 2.75) is 19.9 Å². The lowest BCUT2D eigenvalue weighted by Gasteiger charge is -2.26. The van der Waals surface area contributed by atoms with Crippen molar-refractivity contribution in [2.75, 3.05) is 41.4 Å². The highest BCUT2D eigenvalue weighted by Crippen LogP contribution is 2.30. The van der Waals surface area contributed by atoms with Gasteiger partial charge in [0.15, 0.2) is 11.5 Å². The van der Waals surface area contributed by atoms with Gasteiger partial charge in [-0.1, -0.05) is 19.9 Å². The highest BCUT2D eigenvalue weighted by atomic mass is 16.5. The fourth-order valence-electron chi connectivity index (χ4n) is 2.44. The number of methoxy groups -OCH3 is 2. The van der Waals surface area contributed by atoms with E-state index in [1.165, 1.54) is 5.56 Å². The van der Waals surface area contributed by atoms with Crippen LogP contribution in [-0.2, 0) is 0 Å². The molecule has 4 heteroatoms.